The van der Waals surface area contributed by atoms with Crippen molar-refractivity contribution in [3.63, 3.8) is 0 Å². The van der Waals surface area contributed by atoms with Crippen LogP contribution in [0.3, 0.4) is 0 Å². The van der Waals surface area contributed by atoms with Crippen LogP contribution in [0.5, 0.6) is 0 Å². The Morgan fingerprint density at radius 1 is 1.05 bits per heavy atom. The first-order valence-corrected chi connectivity index (χ1v) is 7.47. The summed E-state index contributed by atoms with van der Waals surface area (Å²) in [5.74, 6) is 0.792. The number of anilines is 1. The molecule has 2 nitrogen and oxygen atoms in total. The van der Waals surface area contributed by atoms with Crippen LogP contribution in [0.2, 0.25) is 0 Å². The van der Waals surface area contributed by atoms with Gasteiger partial charge in [-0.3, -0.25) is 4.90 Å². The van der Waals surface area contributed by atoms with Gasteiger partial charge in [0.25, 0.3) is 0 Å². The molecule has 2 aliphatic rings. The lowest BCUT2D eigenvalue weighted by Gasteiger charge is -2.39. The normalized spacial score (nSPS) is 28.8. The number of nitrogens with zero attached hydrogens (tertiary/aromatic N) is 2. The van der Waals surface area contributed by atoms with Crippen molar-refractivity contribution < 1.29 is 4.39 Å². The molecule has 2 atom stereocenters. The average molecular weight is 262 g/mol. The van der Waals surface area contributed by atoms with Gasteiger partial charge in [-0.2, -0.15) is 0 Å². The van der Waals surface area contributed by atoms with Gasteiger partial charge in [-0.15, -0.1) is 0 Å². The molecule has 3 heteroatoms. The molecular weight excluding hydrogens is 239 g/mol. The molecule has 1 aliphatic heterocycles. The van der Waals surface area contributed by atoms with Crippen molar-refractivity contribution >= 4 is 5.69 Å². The van der Waals surface area contributed by atoms with Crippen LogP contribution in [0.1, 0.15) is 26.2 Å². The monoisotopic (exact) mass is 262 g/mol. The summed E-state index contributed by atoms with van der Waals surface area (Å²) in [7, 11) is 0. The van der Waals surface area contributed by atoms with Crippen LogP contribution in [-0.4, -0.2) is 37.1 Å². The van der Waals surface area contributed by atoms with Gasteiger partial charge in [0.05, 0.1) is 5.69 Å². The second-order valence-electron chi connectivity index (χ2n) is 6.05. The SMILES string of the molecule is C[C@H]1CC[C@@H](N2CCN(c3ccccc3F)CC2)C1. The van der Waals surface area contributed by atoms with Crippen molar-refractivity contribution in [3.05, 3.63) is 30.1 Å². The van der Waals surface area contributed by atoms with Crippen molar-refractivity contribution in [1.82, 2.24) is 4.90 Å². The number of piperazine rings is 1. The quantitative estimate of drug-likeness (QED) is 0.808. The Hall–Kier alpha value is -1.09. The summed E-state index contributed by atoms with van der Waals surface area (Å²) < 4.78 is 13.8. The predicted molar refractivity (Wildman–Crippen MR) is 77.0 cm³/mol. The second kappa shape index (κ2) is 5.49. The summed E-state index contributed by atoms with van der Waals surface area (Å²) in [5.41, 5.74) is 0.766. The zero-order valence-corrected chi connectivity index (χ0v) is 11.7. The number of hydrogen-bond acceptors (Lipinski definition) is 2. The molecule has 0 unspecified atom stereocenters. The highest BCUT2D eigenvalue weighted by atomic mass is 19.1. The molecule has 0 N–H and O–H groups in total. The number of hydrogen-bond donors (Lipinski definition) is 0. The van der Waals surface area contributed by atoms with Crippen LogP contribution in [0.25, 0.3) is 0 Å². The lowest BCUT2D eigenvalue weighted by molar-refractivity contribution is 0.184. The maximum absolute atomic E-state index is 13.8. The van der Waals surface area contributed by atoms with Crippen molar-refractivity contribution in [1.29, 1.82) is 0 Å². The highest BCUT2D eigenvalue weighted by molar-refractivity contribution is 5.48. The molecule has 0 aromatic heterocycles. The third-order valence-corrected chi connectivity index (χ3v) is 4.69. The number of para-hydroxylation sites is 1. The lowest BCUT2D eigenvalue weighted by Crippen LogP contribution is -2.50. The molecule has 1 saturated heterocycles. The molecule has 1 saturated carbocycles. The maximum Gasteiger partial charge on any atom is 0.146 e. The van der Waals surface area contributed by atoms with Crippen LogP contribution in [0.4, 0.5) is 10.1 Å². The fourth-order valence-electron chi connectivity index (χ4n) is 3.54. The van der Waals surface area contributed by atoms with Crippen molar-refractivity contribution in [2.24, 2.45) is 5.92 Å². The Kier molecular flexibility index (Phi) is 3.74. The van der Waals surface area contributed by atoms with Crippen molar-refractivity contribution in [3.8, 4) is 0 Å². The molecule has 1 aromatic carbocycles. The minimum atomic E-state index is -0.0922. The topological polar surface area (TPSA) is 6.48 Å². The summed E-state index contributed by atoms with van der Waals surface area (Å²) in [6, 6.07) is 7.90. The fourth-order valence-corrected chi connectivity index (χ4v) is 3.54. The molecule has 1 heterocycles. The summed E-state index contributed by atoms with van der Waals surface area (Å²) in [6.45, 7) is 6.41. The van der Waals surface area contributed by atoms with Crippen LogP contribution in [0, 0.1) is 11.7 Å². The molecule has 1 aromatic rings. The summed E-state index contributed by atoms with van der Waals surface area (Å²) in [5, 5.41) is 0. The molecule has 3 rings (SSSR count). The van der Waals surface area contributed by atoms with E-state index in [2.05, 4.69) is 16.7 Å². The van der Waals surface area contributed by atoms with Gasteiger partial charge in [0.1, 0.15) is 5.82 Å². The molecule has 104 valence electrons. The lowest BCUT2D eigenvalue weighted by atomic mass is 10.1. The van der Waals surface area contributed by atoms with Gasteiger partial charge in [0.15, 0.2) is 0 Å². The Morgan fingerprint density at radius 2 is 1.79 bits per heavy atom. The van der Waals surface area contributed by atoms with E-state index in [1.165, 1.54) is 19.3 Å². The number of rotatable bonds is 2. The van der Waals surface area contributed by atoms with Gasteiger partial charge in [0.2, 0.25) is 0 Å². The molecule has 1 aliphatic carbocycles. The Labute approximate surface area is 115 Å². The fraction of sp³-hybridized carbons (Fsp3) is 0.625. The Morgan fingerprint density at radius 3 is 2.42 bits per heavy atom. The van der Waals surface area contributed by atoms with Gasteiger partial charge in [-0.1, -0.05) is 19.1 Å². The van der Waals surface area contributed by atoms with Crippen LogP contribution >= 0.6 is 0 Å². The number of halogens is 1. The molecule has 2 fully saturated rings. The first kappa shape index (κ1) is 12.9. The van der Waals surface area contributed by atoms with Gasteiger partial charge in [-0.25, -0.2) is 4.39 Å². The van der Waals surface area contributed by atoms with E-state index in [0.29, 0.717) is 0 Å². The average Bonchev–Trinajstić information content (AvgIpc) is 2.86. The highest BCUT2D eigenvalue weighted by Gasteiger charge is 2.29. The molecule has 0 amide bonds. The minimum absolute atomic E-state index is 0.0922. The van der Waals surface area contributed by atoms with E-state index in [9.17, 15) is 4.39 Å². The smallest absolute Gasteiger partial charge is 0.146 e. The first-order chi connectivity index (χ1) is 9.24. The molecular formula is C16H23FN2. The van der Waals surface area contributed by atoms with Gasteiger partial charge in [0, 0.05) is 32.2 Å². The first-order valence-electron chi connectivity index (χ1n) is 7.47. The third-order valence-electron chi connectivity index (χ3n) is 4.69. The number of benzene rings is 1. The zero-order valence-electron chi connectivity index (χ0n) is 11.7. The van der Waals surface area contributed by atoms with Gasteiger partial charge >= 0.3 is 0 Å². The van der Waals surface area contributed by atoms with E-state index in [1.807, 2.05) is 12.1 Å². The second-order valence-corrected chi connectivity index (χ2v) is 6.05. The van der Waals surface area contributed by atoms with Crippen LogP contribution in [-0.2, 0) is 0 Å². The van der Waals surface area contributed by atoms with E-state index in [4.69, 9.17) is 0 Å². The summed E-state index contributed by atoms with van der Waals surface area (Å²) >= 11 is 0. The van der Waals surface area contributed by atoms with Crippen molar-refractivity contribution in [2.75, 3.05) is 31.1 Å². The molecule has 19 heavy (non-hydrogen) atoms. The van der Waals surface area contributed by atoms with E-state index >= 15 is 0 Å². The maximum atomic E-state index is 13.8. The summed E-state index contributed by atoms with van der Waals surface area (Å²) in [4.78, 5) is 4.80. The van der Waals surface area contributed by atoms with Gasteiger partial charge in [-0.05, 0) is 37.3 Å². The zero-order chi connectivity index (χ0) is 13.2. The highest BCUT2D eigenvalue weighted by Crippen LogP contribution is 2.30. The molecule has 0 radical (unpaired) electrons. The summed E-state index contributed by atoms with van der Waals surface area (Å²) in [6.07, 6.45) is 4.07. The standard InChI is InChI=1S/C16H23FN2/c1-13-6-7-14(12-13)18-8-10-19(11-9-18)16-5-3-2-4-15(16)17/h2-5,13-14H,6-12H2,1H3/t13-,14+/m0/s1. The Balaban J connectivity index is 1.59. The van der Waals surface area contributed by atoms with Crippen LogP contribution in [0.15, 0.2) is 24.3 Å². The van der Waals surface area contributed by atoms with E-state index in [1.54, 1.807) is 12.1 Å². The van der Waals surface area contributed by atoms with Crippen molar-refractivity contribution in [2.45, 2.75) is 32.2 Å². The molecule has 0 bridgehead atoms. The minimum Gasteiger partial charge on any atom is -0.367 e. The van der Waals surface area contributed by atoms with Gasteiger partial charge < -0.3 is 4.90 Å². The largest absolute Gasteiger partial charge is 0.367 e. The third kappa shape index (κ3) is 2.76. The van der Waals surface area contributed by atoms with E-state index in [0.717, 1.165) is 43.8 Å². The van der Waals surface area contributed by atoms with Crippen LogP contribution < -0.4 is 4.90 Å². The van der Waals surface area contributed by atoms with E-state index in [-0.39, 0.29) is 5.82 Å². The molecule has 0 spiro atoms. The van der Waals surface area contributed by atoms with E-state index < -0.39 is 0 Å². The Bertz CT molecular complexity index is 427. The predicted octanol–water partition coefficient (Wildman–Crippen LogP) is 3.14.